The molecule has 0 unspecified atom stereocenters. The van der Waals surface area contributed by atoms with Gasteiger partial charge in [-0.25, -0.2) is 0 Å². The molecule has 4 aromatic rings. The predicted molar refractivity (Wildman–Crippen MR) is 168 cm³/mol. The number of aromatic hydroxyl groups is 2. The Hall–Kier alpha value is -4.40. The van der Waals surface area contributed by atoms with E-state index in [4.69, 9.17) is 18.9 Å². The minimum Gasteiger partial charge on any atom is -0.502 e. The molecule has 8 nitrogen and oxygen atoms in total. The smallest absolute Gasteiger partial charge is 0.201 e. The molecule has 0 radical (unpaired) electrons. The van der Waals surface area contributed by atoms with Crippen LogP contribution in [0.25, 0.3) is 0 Å². The van der Waals surface area contributed by atoms with Crippen LogP contribution >= 0.6 is 0 Å². The number of ether oxygens (including phenoxy) is 4. The molecule has 2 atom stereocenters. The number of rotatable bonds is 2. The Labute approximate surface area is 258 Å². The minimum absolute atomic E-state index is 0.0111. The second kappa shape index (κ2) is 11.3. The summed E-state index contributed by atoms with van der Waals surface area (Å²) in [5, 5.41) is 22.7. The molecule has 4 bridgehead atoms. The third kappa shape index (κ3) is 4.88. The van der Waals surface area contributed by atoms with Crippen LogP contribution in [0.4, 0.5) is 0 Å². The Morgan fingerprint density at radius 3 is 1.39 bits per heavy atom. The minimum atomic E-state index is -0.0266. The van der Waals surface area contributed by atoms with Crippen LogP contribution in [-0.2, 0) is 25.7 Å². The zero-order valence-electron chi connectivity index (χ0n) is 25.6. The van der Waals surface area contributed by atoms with Crippen LogP contribution in [-0.4, -0.2) is 61.4 Å². The Kier molecular flexibility index (Phi) is 7.26. The van der Waals surface area contributed by atoms with Crippen molar-refractivity contribution in [2.45, 2.75) is 37.8 Å². The molecule has 8 heteroatoms. The van der Waals surface area contributed by atoms with Gasteiger partial charge < -0.3 is 29.2 Å². The van der Waals surface area contributed by atoms with Gasteiger partial charge in [-0.3, -0.25) is 9.80 Å². The largest absolute Gasteiger partial charge is 0.502 e. The van der Waals surface area contributed by atoms with E-state index in [9.17, 15) is 10.2 Å². The van der Waals surface area contributed by atoms with Crippen molar-refractivity contribution in [2.75, 3.05) is 41.4 Å². The maximum Gasteiger partial charge on any atom is 0.201 e. The molecule has 0 aromatic heterocycles. The highest BCUT2D eigenvalue weighted by Gasteiger charge is 2.34. The number of phenols is 2. The summed E-state index contributed by atoms with van der Waals surface area (Å²) in [6, 6.07) is 19.9. The van der Waals surface area contributed by atoms with Crippen molar-refractivity contribution in [2.24, 2.45) is 0 Å². The number of likely N-dealkylation sites (N-methyl/N-ethyl adjacent to an activating group) is 2. The summed E-state index contributed by atoms with van der Waals surface area (Å²) in [6.07, 6.45) is 3.06. The van der Waals surface area contributed by atoms with E-state index < -0.39 is 0 Å². The van der Waals surface area contributed by atoms with Crippen LogP contribution in [0.3, 0.4) is 0 Å². The number of nitrogens with zero attached hydrogens (tertiary/aromatic N) is 2. The number of methoxy groups -OCH3 is 2. The lowest BCUT2D eigenvalue weighted by Gasteiger charge is -2.37. The summed E-state index contributed by atoms with van der Waals surface area (Å²) in [7, 11) is 7.36. The predicted octanol–water partition coefficient (Wildman–Crippen LogP) is 6.56. The zero-order chi connectivity index (χ0) is 30.5. The standard InChI is InChI=1S/C36H38N2O6/c1-37-15-13-23-19-29(41-3)33(39)35-31(23)27(37)17-21-5-9-26(10-6-21)44-36-32-24(20-30(42-4)34(36)40)14-16-38(2)28(32)18-22-7-11-25(43-35)12-8-22/h5-12,19-20,27-28,39-40H,13-18H2,1-4H3/t27-,28+. The highest BCUT2D eigenvalue weighted by atomic mass is 16.5. The maximum atomic E-state index is 11.4. The monoisotopic (exact) mass is 594 g/mol. The normalized spacial score (nSPS) is 19.6. The first-order valence-corrected chi connectivity index (χ1v) is 15.1. The van der Waals surface area contributed by atoms with Gasteiger partial charge in [-0.05, 0) is 98.4 Å². The second-order valence-corrected chi connectivity index (χ2v) is 12.1. The first-order chi connectivity index (χ1) is 21.3. The van der Waals surface area contributed by atoms with E-state index in [2.05, 4.69) is 48.2 Å². The third-order valence-corrected chi connectivity index (χ3v) is 9.47. The molecule has 2 N–H and O–H groups in total. The van der Waals surface area contributed by atoms with Gasteiger partial charge in [0.25, 0.3) is 0 Å². The van der Waals surface area contributed by atoms with Crippen molar-refractivity contribution in [3.8, 4) is 46.0 Å². The molecule has 44 heavy (non-hydrogen) atoms. The van der Waals surface area contributed by atoms with Gasteiger partial charge in [-0.15, -0.1) is 0 Å². The van der Waals surface area contributed by atoms with Crippen LogP contribution in [0, 0.1) is 0 Å². The van der Waals surface area contributed by atoms with Crippen LogP contribution in [0.15, 0.2) is 60.7 Å². The first-order valence-electron chi connectivity index (χ1n) is 15.1. The molecule has 0 aliphatic carbocycles. The molecule has 0 spiro atoms. The van der Waals surface area contributed by atoms with E-state index in [1.54, 1.807) is 14.2 Å². The molecule has 228 valence electrons. The lowest BCUT2D eigenvalue weighted by atomic mass is 9.87. The topological polar surface area (TPSA) is 83.9 Å². The Balaban J connectivity index is 1.40. The average Bonchev–Trinajstić information content (AvgIpc) is 3.03. The Morgan fingerprint density at radius 2 is 1.02 bits per heavy atom. The quantitative estimate of drug-likeness (QED) is 0.270. The van der Waals surface area contributed by atoms with Crippen LogP contribution < -0.4 is 18.9 Å². The summed E-state index contributed by atoms with van der Waals surface area (Å²) >= 11 is 0. The van der Waals surface area contributed by atoms with Gasteiger partial charge in [0, 0.05) is 36.3 Å². The Bertz CT molecular complexity index is 1580. The van der Waals surface area contributed by atoms with Gasteiger partial charge in [-0.2, -0.15) is 0 Å². The van der Waals surface area contributed by atoms with Crippen molar-refractivity contribution >= 4 is 0 Å². The number of hydrogen-bond acceptors (Lipinski definition) is 8. The van der Waals surface area contributed by atoms with Gasteiger partial charge in [0.2, 0.25) is 11.5 Å². The molecule has 10 rings (SSSR count). The molecular weight excluding hydrogens is 556 g/mol. The fourth-order valence-electron chi connectivity index (χ4n) is 6.97. The van der Waals surface area contributed by atoms with E-state index >= 15 is 0 Å². The summed E-state index contributed by atoms with van der Waals surface area (Å²) in [4.78, 5) is 4.62. The summed E-state index contributed by atoms with van der Waals surface area (Å²) in [5.41, 5.74) is 6.41. The lowest BCUT2D eigenvalue weighted by Crippen LogP contribution is -2.34. The highest BCUT2D eigenvalue weighted by Crippen LogP contribution is 2.51. The average molecular weight is 595 g/mol. The Morgan fingerprint density at radius 1 is 0.636 bits per heavy atom. The van der Waals surface area contributed by atoms with Gasteiger partial charge >= 0.3 is 0 Å². The van der Waals surface area contributed by atoms with Crippen LogP contribution in [0.2, 0.25) is 0 Å². The van der Waals surface area contributed by atoms with E-state index in [-0.39, 0.29) is 23.6 Å². The van der Waals surface area contributed by atoms with Crippen molar-refractivity contribution in [3.05, 3.63) is 94.0 Å². The van der Waals surface area contributed by atoms with E-state index in [0.29, 0.717) is 47.3 Å². The number of phenolic OH excluding ortho intramolecular Hbond substituents is 2. The summed E-state index contributed by atoms with van der Waals surface area (Å²) < 4.78 is 24.2. The van der Waals surface area contributed by atoms with Crippen molar-refractivity contribution in [3.63, 3.8) is 0 Å². The molecule has 0 saturated heterocycles. The number of benzene rings is 4. The molecule has 6 heterocycles. The molecule has 0 fully saturated rings. The lowest BCUT2D eigenvalue weighted by molar-refractivity contribution is 0.221. The molecule has 0 saturated carbocycles. The molecule has 4 aromatic carbocycles. The molecular formula is C36H38N2O6. The van der Waals surface area contributed by atoms with E-state index in [1.165, 1.54) is 0 Å². The van der Waals surface area contributed by atoms with Gasteiger partial charge in [0.05, 0.1) is 14.2 Å². The van der Waals surface area contributed by atoms with Gasteiger partial charge in [-0.1, -0.05) is 24.3 Å². The van der Waals surface area contributed by atoms with E-state index in [1.807, 2.05) is 36.4 Å². The van der Waals surface area contributed by atoms with Crippen molar-refractivity contribution in [1.82, 2.24) is 9.80 Å². The summed E-state index contributed by atoms with van der Waals surface area (Å²) in [5.74, 6) is 3.02. The third-order valence-electron chi connectivity index (χ3n) is 9.47. The van der Waals surface area contributed by atoms with Gasteiger partial charge in [0.1, 0.15) is 11.5 Å². The molecule has 6 aliphatic heterocycles. The molecule has 6 aliphatic rings. The van der Waals surface area contributed by atoms with Crippen molar-refractivity contribution in [1.29, 1.82) is 0 Å². The van der Waals surface area contributed by atoms with Crippen LogP contribution in [0.1, 0.15) is 45.5 Å². The van der Waals surface area contributed by atoms with Crippen LogP contribution in [0.5, 0.6) is 46.0 Å². The second-order valence-electron chi connectivity index (χ2n) is 12.1. The van der Waals surface area contributed by atoms with Gasteiger partial charge in [0.15, 0.2) is 23.0 Å². The SMILES string of the molecule is COc1cc2c3c(c1O)Oc1ccc(cc1)C[C@H]1c4c(cc(OC)c(O)c4Oc4ccc(cc4)C[C@H]3N(C)CC2)CCN1C. The zero-order valence-corrected chi connectivity index (χ0v) is 25.6. The fraction of sp³-hybridized carbons (Fsp3) is 0.333. The van der Waals surface area contributed by atoms with Crippen molar-refractivity contribution < 1.29 is 29.2 Å². The fourth-order valence-corrected chi connectivity index (χ4v) is 6.97. The maximum absolute atomic E-state index is 11.4. The molecule has 0 amide bonds. The summed E-state index contributed by atoms with van der Waals surface area (Å²) in [6.45, 7) is 1.74. The highest BCUT2D eigenvalue weighted by molar-refractivity contribution is 5.63. The van der Waals surface area contributed by atoms with E-state index in [0.717, 1.165) is 59.3 Å². The first kappa shape index (κ1) is 28.4. The number of hydrogen-bond donors (Lipinski definition) is 2.